The summed E-state index contributed by atoms with van der Waals surface area (Å²) in [4.78, 5) is 5.02. The minimum Gasteiger partial charge on any atom is -0.244 e. The van der Waals surface area contributed by atoms with Gasteiger partial charge in [-0.3, -0.25) is 0 Å². The van der Waals surface area contributed by atoms with Gasteiger partial charge in [-0.2, -0.15) is 5.10 Å². The van der Waals surface area contributed by atoms with Gasteiger partial charge in [0, 0.05) is 22.7 Å². The average Bonchev–Trinajstić information content (AvgIpc) is 2.90. The van der Waals surface area contributed by atoms with Crippen LogP contribution >= 0.6 is 0 Å². The second kappa shape index (κ2) is 5.49. The number of fused-ring (bicyclic) bond motifs is 1. The number of aryl methyl sites for hydroxylation is 1. The van der Waals surface area contributed by atoms with E-state index < -0.39 is 6.43 Å². The standard InChI is InChI=1S/C21H27F2N3/c1-11(2)26-20-18(12(3)25-26)16(19(22)23)7-17(24-20)21-8-13-4-14(9-21)6-15(5-13)10-21/h7,11,13-15,19H,4-6,8-10H2,1-3H3. The summed E-state index contributed by atoms with van der Waals surface area (Å²) in [6, 6.07) is 1.84. The summed E-state index contributed by atoms with van der Waals surface area (Å²) < 4.78 is 29.8. The fraction of sp³-hybridized carbons (Fsp3) is 0.714. The number of nitrogens with zero attached hydrogens (tertiary/aromatic N) is 3. The van der Waals surface area contributed by atoms with Gasteiger partial charge in [-0.25, -0.2) is 18.4 Å². The Hall–Kier alpha value is -1.52. The van der Waals surface area contributed by atoms with Crippen LogP contribution in [-0.2, 0) is 5.41 Å². The lowest BCUT2D eigenvalue weighted by Crippen LogP contribution is -2.49. The number of halogens is 2. The molecule has 4 fully saturated rings. The minimum atomic E-state index is -2.49. The summed E-state index contributed by atoms with van der Waals surface area (Å²) in [6.07, 6.45) is 4.93. The van der Waals surface area contributed by atoms with Crippen molar-refractivity contribution in [3.8, 4) is 0 Å². The Kier molecular flexibility index (Phi) is 3.51. The van der Waals surface area contributed by atoms with Crippen LogP contribution in [0.5, 0.6) is 0 Å². The number of pyridine rings is 1. The lowest BCUT2D eigenvalue weighted by molar-refractivity contribution is -0.00722. The van der Waals surface area contributed by atoms with Crippen molar-refractivity contribution in [1.82, 2.24) is 14.8 Å². The van der Waals surface area contributed by atoms with Gasteiger partial charge in [-0.05, 0) is 83.1 Å². The third kappa shape index (κ3) is 2.28. The van der Waals surface area contributed by atoms with Crippen molar-refractivity contribution in [3.05, 3.63) is 23.0 Å². The summed E-state index contributed by atoms with van der Waals surface area (Å²) in [5.74, 6) is 2.31. The van der Waals surface area contributed by atoms with Crippen molar-refractivity contribution in [3.63, 3.8) is 0 Å². The molecule has 4 saturated carbocycles. The lowest BCUT2D eigenvalue weighted by atomic mass is 9.48. The van der Waals surface area contributed by atoms with Crippen LogP contribution in [0.15, 0.2) is 6.07 Å². The summed E-state index contributed by atoms with van der Waals surface area (Å²) in [6.45, 7) is 5.89. The first kappa shape index (κ1) is 16.6. The average molecular weight is 359 g/mol. The molecule has 0 unspecified atom stereocenters. The molecule has 2 aromatic rings. The minimum absolute atomic E-state index is 0.0204. The van der Waals surface area contributed by atoms with Gasteiger partial charge in [0.05, 0.1) is 11.1 Å². The Morgan fingerprint density at radius 3 is 2.15 bits per heavy atom. The molecule has 4 bridgehead atoms. The largest absolute Gasteiger partial charge is 0.264 e. The van der Waals surface area contributed by atoms with E-state index in [1.807, 2.05) is 25.5 Å². The van der Waals surface area contributed by atoms with Gasteiger partial charge >= 0.3 is 0 Å². The molecule has 2 heterocycles. The SMILES string of the molecule is Cc1nn(C(C)C)c2nc(C34CC5CC(CC(C5)C3)C4)cc(C(F)F)c12. The molecule has 0 N–H and O–H groups in total. The highest BCUT2D eigenvalue weighted by atomic mass is 19.3. The summed E-state index contributed by atoms with van der Waals surface area (Å²) in [5, 5.41) is 5.10. The summed E-state index contributed by atoms with van der Waals surface area (Å²) >= 11 is 0. The summed E-state index contributed by atoms with van der Waals surface area (Å²) in [7, 11) is 0. The third-order valence-corrected chi connectivity index (χ3v) is 7.17. The third-order valence-electron chi connectivity index (χ3n) is 7.17. The molecule has 0 saturated heterocycles. The molecule has 0 spiro atoms. The molecule has 0 aromatic carbocycles. The quantitative estimate of drug-likeness (QED) is 0.701. The molecule has 140 valence electrons. The normalized spacial score (nSPS) is 33.1. The second-order valence-corrected chi connectivity index (χ2v) is 9.42. The van der Waals surface area contributed by atoms with Gasteiger partial charge in [0.25, 0.3) is 6.43 Å². The van der Waals surface area contributed by atoms with Gasteiger partial charge in [0.1, 0.15) is 0 Å². The number of aromatic nitrogens is 3. The Bertz CT molecular complexity index is 832. The highest BCUT2D eigenvalue weighted by Crippen LogP contribution is 2.60. The number of rotatable bonds is 3. The molecule has 2 aromatic heterocycles. The van der Waals surface area contributed by atoms with Crippen LogP contribution < -0.4 is 0 Å². The zero-order valence-corrected chi connectivity index (χ0v) is 15.8. The maximum atomic E-state index is 14.0. The monoisotopic (exact) mass is 359 g/mol. The molecule has 6 rings (SSSR count). The zero-order chi connectivity index (χ0) is 18.2. The van der Waals surface area contributed by atoms with Crippen LogP contribution in [0.1, 0.15) is 81.8 Å². The van der Waals surface area contributed by atoms with Crippen LogP contribution in [-0.4, -0.2) is 14.8 Å². The zero-order valence-electron chi connectivity index (χ0n) is 15.8. The Morgan fingerprint density at radius 2 is 1.65 bits per heavy atom. The van der Waals surface area contributed by atoms with Crippen molar-refractivity contribution in [2.45, 2.75) is 77.2 Å². The molecule has 4 aliphatic carbocycles. The predicted molar refractivity (Wildman–Crippen MR) is 97.5 cm³/mol. The number of alkyl halides is 2. The van der Waals surface area contributed by atoms with E-state index in [1.54, 1.807) is 6.07 Å². The Morgan fingerprint density at radius 1 is 1.08 bits per heavy atom. The van der Waals surface area contributed by atoms with Crippen LogP contribution in [0, 0.1) is 24.7 Å². The fourth-order valence-electron chi connectivity index (χ4n) is 6.57. The molecular formula is C21H27F2N3. The van der Waals surface area contributed by atoms with Crippen molar-refractivity contribution in [2.75, 3.05) is 0 Å². The number of hydrogen-bond donors (Lipinski definition) is 0. The van der Waals surface area contributed by atoms with Crippen LogP contribution in [0.25, 0.3) is 11.0 Å². The second-order valence-electron chi connectivity index (χ2n) is 9.42. The Labute approximate surface area is 153 Å². The first-order chi connectivity index (χ1) is 12.4. The van der Waals surface area contributed by atoms with Crippen LogP contribution in [0.2, 0.25) is 0 Å². The molecule has 0 atom stereocenters. The molecule has 4 aliphatic rings. The van der Waals surface area contributed by atoms with Crippen LogP contribution in [0.4, 0.5) is 8.78 Å². The Balaban J connectivity index is 1.72. The van der Waals surface area contributed by atoms with Crippen LogP contribution in [0.3, 0.4) is 0 Å². The summed E-state index contributed by atoms with van der Waals surface area (Å²) in [5.41, 5.74) is 2.38. The van der Waals surface area contributed by atoms with Gasteiger partial charge in [0.2, 0.25) is 0 Å². The van der Waals surface area contributed by atoms with Crippen molar-refractivity contribution >= 4 is 11.0 Å². The molecule has 5 heteroatoms. The van der Waals surface area contributed by atoms with E-state index in [4.69, 9.17) is 4.98 Å². The van der Waals surface area contributed by atoms with E-state index in [0.717, 1.165) is 42.7 Å². The van der Waals surface area contributed by atoms with Crippen molar-refractivity contribution in [1.29, 1.82) is 0 Å². The van der Waals surface area contributed by atoms with E-state index in [9.17, 15) is 8.78 Å². The lowest BCUT2D eigenvalue weighted by Gasteiger charge is -2.56. The smallest absolute Gasteiger partial charge is 0.244 e. The number of hydrogen-bond acceptors (Lipinski definition) is 2. The predicted octanol–water partition coefficient (Wildman–Crippen LogP) is 5.73. The molecule has 0 radical (unpaired) electrons. The topological polar surface area (TPSA) is 30.7 Å². The molecule has 3 nitrogen and oxygen atoms in total. The molecular weight excluding hydrogens is 332 g/mol. The molecule has 0 aliphatic heterocycles. The van der Waals surface area contributed by atoms with Gasteiger partial charge < -0.3 is 0 Å². The molecule has 26 heavy (non-hydrogen) atoms. The van der Waals surface area contributed by atoms with Gasteiger partial charge in [-0.1, -0.05) is 0 Å². The molecule has 0 amide bonds. The van der Waals surface area contributed by atoms with E-state index in [2.05, 4.69) is 5.10 Å². The van der Waals surface area contributed by atoms with E-state index in [1.165, 1.54) is 19.3 Å². The van der Waals surface area contributed by atoms with Crippen molar-refractivity contribution in [2.24, 2.45) is 17.8 Å². The highest BCUT2D eigenvalue weighted by molar-refractivity contribution is 5.83. The fourth-order valence-corrected chi connectivity index (χ4v) is 6.57. The maximum Gasteiger partial charge on any atom is 0.264 e. The van der Waals surface area contributed by atoms with E-state index >= 15 is 0 Å². The first-order valence-corrected chi connectivity index (χ1v) is 10.0. The van der Waals surface area contributed by atoms with E-state index in [0.29, 0.717) is 16.7 Å². The van der Waals surface area contributed by atoms with Gasteiger partial charge in [0.15, 0.2) is 5.65 Å². The maximum absolute atomic E-state index is 14.0. The van der Waals surface area contributed by atoms with Gasteiger partial charge in [-0.15, -0.1) is 0 Å². The first-order valence-electron chi connectivity index (χ1n) is 10.0. The van der Waals surface area contributed by atoms with Crippen molar-refractivity contribution < 1.29 is 8.78 Å². The highest BCUT2D eigenvalue weighted by Gasteiger charge is 2.52. The van der Waals surface area contributed by atoms with E-state index in [-0.39, 0.29) is 17.0 Å².